The van der Waals surface area contributed by atoms with E-state index in [-0.39, 0.29) is 0 Å². The van der Waals surface area contributed by atoms with Crippen LogP contribution in [0.4, 0.5) is 0 Å². The minimum Gasteiger partial charge on any atom is -0.490 e. The summed E-state index contributed by atoms with van der Waals surface area (Å²) >= 11 is 5.94. The number of aromatic nitrogens is 1. The normalized spacial score (nSPS) is 14.0. The highest BCUT2D eigenvalue weighted by Gasteiger charge is 2.15. The Morgan fingerprint density at radius 1 is 1.25 bits per heavy atom. The highest BCUT2D eigenvalue weighted by Crippen LogP contribution is 2.26. The van der Waals surface area contributed by atoms with Crippen LogP contribution >= 0.6 is 11.6 Å². The fraction of sp³-hybridized carbons (Fsp3) is 0.409. The molecule has 1 aromatic carbocycles. The summed E-state index contributed by atoms with van der Waals surface area (Å²) in [5.74, 6) is 0.723. The molecule has 0 aliphatic heterocycles. The van der Waals surface area contributed by atoms with Crippen LogP contribution in [0.3, 0.4) is 0 Å². The van der Waals surface area contributed by atoms with Crippen molar-refractivity contribution in [2.75, 3.05) is 0 Å². The van der Waals surface area contributed by atoms with E-state index in [4.69, 9.17) is 27.3 Å². The third kappa shape index (κ3) is 6.54. The molecule has 1 aliphatic rings. The van der Waals surface area contributed by atoms with Gasteiger partial charge in [-0.15, -0.1) is 0 Å². The molecule has 2 N–H and O–H groups in total. The lowest BCUT2D eigenvalue weighted by molar-refractivity contribution is 0.1000. The second-order valence-corrected chi connectivity index (χ2v) is 7.53. The standard InChI is InChI=1S/C13H14ClNO.C9H12N2O/c14-13-8-12(7-6-10(13)9-15)16-11-4-2-1-3-5-11;1-6(2)8-4-3-7(5-11-8)9(10)12/h6-8,11H,1-5H2;3-6H,1-2H3,(H2,10,12). The van der Waals surface area contributed by atoms with E-state index in [1.165, 1.54) is 25.5 Å². The molecule has 0 spiro atoms. The molecular weight excluding hydrogens is 374 g/mol. The van der Waals surface area contributed by atoms with E-state index < -0.39 is 5.91 Å². The number of nitriles is 1. The summed E-state index contributed by atoms with van der Waals surface area (Å²) in [5.41, 5.74) is 6.99. The molecule has 1 fully saturated rings. The van der Waals surface area contributed by atoms with Gasteiger partial charge >= 0.3 is 0 Å². The van der Waals surface area contributed by atoms with E-state index in [1.54, 1.807) is 18.2 Å². The van der Waals surface area contributed by atoms with Gasteiger partial charge in [0, 0.05) is 18.0 Å². The first kappa shape index (κ1) is 21.7. The fourth-order valence-electron chi connectivity index (χ4n) is 2.93. The summed E-state index contributed by atoms with van der Waals surface area (Å²) in [5, 5.41) is 9.22. The minimum atomic E-state index is -0.433. The van der Waals surface area contributed by atoms with E-state index in [1.807, 2.05) is 32.0 Å². The third-order valence-corrected chi connectivity index (χ3v) is 4.89. The van der Waals surface area contributed by atoms with Crippen LogP contribution in [0.5, 0.6) is 5.75 Å². The van der Waals surface area contributed by atoms with Crippen LogP contribution in [-0.2, 0) is 0 Å². The molecule has 5 nitrogen and oxygen atoms in total. The van der Waals surface area contributed by atoms with Crippen molar-refractivity contribution in [3.8, 4) is 11.8 Å². The number of benzene rings is 1. The van der Waals surface area contributed by atoms with Crippen LogP contribution in [0.2, 0.25) is 5.02 Å². The number of pyridine rings is 1. The lowest BCUT2D eigenvalue weighted by atomic mass is 9.98. The molecule has 0 atom stereocenters. The first-order chi connectivity index (χ1) is 13.4. The van der Waals surface area contributed by atoms with Crippen molar-refractivity contribution in [3.05, 3.63) is 58.4 Å². The smallest absolute Gasteiger partial charge is 0.250 e. The zero-order chi connectivity index (χ0) is 20.5. The summed E-state index contributed by atoms with van der Waals surface area (Å²) < 4.78 is 5.84. The molecule has 3 rings (SSSR count). The van der Waals surface area contributed by atoms with Crippen LogP contribution in [0.15, 0.2) is 36.5 Å². The van der Waals surface area contributed by atoms with Gasteiger partial charge in [0.1, 0.15) is 11.8 Å². The maximum absolute atomic E-state index is 10.7. The van der Waals surface area contributed by atoms with E-state index in [2.05, 4.69) is 4.98 Å². The topological polar surface area (TPSA) is 89.0 Å². The lowest BCUT2D eigenvalue weighted by Gasteiger charge is -2.23. The fourth-order valence-corrected chi connectivity index (χ4v) is 3.14. The molecule has 148 valence electrons. The monoisotopic (exact) mass is 399 g/mol. The zero-order valence-electron chi connectivity index (χ0n) is 16.3. The second-order valence-electron chi connectivity index (χ2n) is 7.12. The van der Waals surface area contributed by atoms with Gasteiger partial charge in [0.25, 0.3) is 0 Å². The quantitative estimate of drug-likeness (QED) is 0.762. The van der Waals surface area contributed by atoms with Crippen molar-refractivity contribution < 1.29 is 9.53 Å². The van der Waals surface area contributed by atoms with Gasteiger partial charge in [0.2, 0.25) is 5.91 Å². The summed E-state index contributed by atoms with van der Waals surface area (Å²) in [6.07, 6.45) is 7.88. The molecule has 1 aromatic heterocycles. The predicted octanol–water partition coefficient (Wildman–Crippen LogP) is 5.23. The number of nitrogens with zero attached hydrogens (tertiary/aromatic N) is 2. The number of carbonyl (C=O) groups is 1. The molecule has 0 radical (unpaired) electrons. The van der Waals surface area contributed by atoms with Crippen molar-refractivity contribution >= 4 is 17.5 Å². The van der Waals surface area contributed by atoms with Gasteiger partial charge in [-0.1, -0.05) is 31.9 Å². The molecule has 0 unspecified atom stereocenters. The first-order valence-corrected chi connectivity index (χ1v) is 9.90. The molecule has 1 amide bonds. The Kier molecular flexibility index (Phi) is 8.28. The maximum Gasteiger partial charge on any atom is 0.250 e. The van der Waals surface area contributed by atoms with Crippen molar-refractivity contribution in [2.45, 2.75) is 58.0 Å². The number of nitrogens with two attached hydrogens (primary N) is 1. The number of hydrogen-bond donors (Lipinski definition) is 1. The summed E-state index contributed by atoms with van der Waals surface area (Å²) in [7, 11) is 0. The van der Waals surface area contributed by atoms with Gasteiger partial charge in [0.05, 0.1) is 22.3 Å². The summed E-state index contributed by atoms with van der Waals surface area (Å²) in [6.45, 7) is 4.10. The van der Waals surface area contributed by atoms with Crippen molar-refractivity contribution in [2.24, 2.45) is 5.73 Å². The van der Waals surface area contributed by atoms with Crippen LogP contribution in [0, 0.1) is 11.3 Å². The highest BCUT2D eigenvalue weighted by atomic mass is 35.5. The Hall–Kier alpha value is -2.58. The molecule has 0 saturated heterocycles. The van der Waals surface area contributed by atoms with Crippen LogP contribution in [0.1, 0.15) is 73.5 Å². The van der Waals surface area contributed by atoms with Gasteiger partial charge in [0.15, 0.2) is 0 Å². The predicted molar refractivity (Wildman–Crippen MR) is 111 cm³/mol. The third-order valence-electron chi connectivity index (χ3n) is 4.58. The van der Waals surface area contributed by atoms with Gasteiger partial charge in [-0.2, -0.15) is 5.26 Å². The first-order valence-electron chi connectivity index (χ1n) is 9.52. The van der Waals surface area contributed by atoms with E-state index in [9.17, 15) is 4.79 Å². The Morgan fingerprint density at radius 2 is 1.96 bits per heavy atom. The van der Waals surface area contributed by atoms with Gasteiger partial charge in [-0.05, 0) is 55.9 Å². The SMILES string of the molecule is CC(C)c1ccc(C(N)=O)cn1.N#Cc1ccc(OC2CCCCC2)cc1Cl. The minimum absolute atomic E-state index is 0.317. The summed E-state index contributed by atoms with van der Waals surface area (Å²) in [6, 6.07) is 10.8. The largest absolute Gasteiger partial charge is 0.490 e. The summed E-state index contributed by atoms with van der Waals surface area (Å²) in [4.78, 5) is 14.8. The number of amides is 1. The average molecular weight is 400 g/mol. The second kappa shape index (κ2) is 10.7. The molecule has 28 heavy (non-hydrogen) atoms. The number of halogens is 1. The van der Waals surface area contributed by atoms with Gasteiger partial charge < -0.3 is 10.5 Å². The average Bonchev–Trinajstić information content (AvgIpc) is 2.69. The van der Waals surface area contributed by atoms with E-state index >= 15 is 0 Å². The number of hydrogen-bond acceptors (Lipinski definition) is 4. The highest BCUT2D eigenvalue weighted by molar-refractivity contribution is 6.31. The van der Waals surface area contributed by atoms with E-state index in [0.29, 0.717) is 28.2 Å². The van der Waals surface area contributed by atoms with Crippen molar-refractivity contribution in [1.82, 2.24) is 4.98 Å². The zero-order valence-corrected chi connectivity index (χ0v) is 17.1. The molecule has 2 aromatic rings. The van der Waals surface area contributed by atoms with Crippen LogP contribution in [0.25, 0.3) is 0 Å². The van der Waals surface area contributed by atoms with Crippen molar-refractivity contribution in [3.63, 3.8) is 0 Å². The maximum atomic E-state index is 10.7. The number of primary amides is 1. The number of rotatable bonds is 4. The van der Waals surface area contributed by atoms with Crippen LogP contribution in [-0.4, -0.2) is 17.0 Å². The Bertz CT molecular complexity index is 823. The Labute approximate surface area is 171 Å². The lowest BCUT2D eigenvalue weighted by Crippen LogP contribution is -2.19. The van der Waals surface area contributed by atoms with Gasteiger partial charge in [-0.25, -0.2) is 0 Å². The Balaban J connectivity index is 0.000000209. The molecule has 0 bridgehead atoms. The molecule has 1 heterocycles. The van der Waals surface area contributed by atoms with Crippen LogP contribution < -0.4 is 10.5 Å². The van der Waals surface area contributed by atoms with E-state index in [0.717, 1.165) is 24.3 Å². The molecule has 6 heteroatoms. The molecule has 1 saturated carbocycles. The number of carbonyl (C=O) groups excluding carboxylic acids is 1. The number of ether oxygens (including phenoxy) is 1. The molecule has 1 aliphatic carbocycles. The van der Waals surface area contributed by atoms with Crippen molar-refractivity contribution in [1.29, 1.82) is 5.26 Å². The Morgan fingerprint density at radius 3 is 2.46 bits per heavy atom. The molecular formula is C22H26ClN3O2. The van der Waals surface area contributed by atoms with Gasteiger partial charge in [-0.3, -0.25) is 9.78 Å².